The van der Waals surface area contributed by atoms with Crippen LogP contribution in [-0.4, -0.2) is 54.3 Å². The molecule has 0 aliphatic carbocycles. The van der Waals surface area contributed by atoms with E-state index in [-0.39, 0.29) is 6.04 Å². The summed E-state index contributed by atoms with van der Waals surface area (Å²) in [5.41, 5.74) is 3.93. The fourth-order valence-corrected chi connectivity index (χ4v) is 4.14. The second-order valence-electron chi connectivity index (χ2n) is 7.80. The Hall–Kier alpha value is -4.21. The molecule has 4 aromatic rings. The van der Waals surface area contributed by atoms with Crippen LogP contribution >= 0.6 is 0 Å². The number of rotatable bonds is 5. The monoisotopic (exact) mass is 445 g/mol. The lowest BCUT2D eigenvalue weighted by molar-refractivity contribution is 0.106. The molecule has 168 valence electrons. The molecule has 0 bridgehead atoms. The average Bonchev–Trinajstić information content (AvgIpc) is 3.27. The molecule has 2 N–H and O–H groups in total. The lowest BCUT2D eigenvalue weighted by Gasteiger charge is -2.33. The van der Waals surface area contributed by atoms with Gasteiger partial charge in [0, 0.05) is 24.0 Å². The molecular formula is C23H23N7O3. The molecule has 10 heteroatoms. The van der Waals surface area contributed by atoms with Crippen molar-refractivity contribution in [2.75, 3.05) is 19.0 Å². The van der Waals surface area contributed by atoms with E-state index >= 15 is 0 Å². The van der Waals surface area contributed by atoms with Crippen LogP contribution in [0.2, 0.25) is 0 Å². The second-order valence-corrected chi connectivity index (χ2v) is 7.80. The van der Waals surface area contributed by atoms with Crippen LogP contribution in [0.3, 0.4) is 0 Å². The standard InChI is InChI=1S/C23H23N7O3/c1-33-20-14-24-18(13-25-20)17-5-4-12-30-21(17)27-22(28-30)26-16-9-7-15(8-10-16)19-6-2-3-11-29(19)23(31)32/h4-5,7-10,12-14,19H,2-3,6,11H2,1H3,(H,26,28)(H,31,32). The van der Waals surface area contributed by atoms with E-state index in [0.29, 0.717) is 29.7 Å². The quantitative estimate of drug-likeness (QED) is 0.471. The molecule has 1 saturated heterocycles. The summed E-state index contributed by atoms with van der Waals surface area (Å²) < 4.78 is 6.76. The van der Waals surface area contributed by atoms with Crippen LogP contribution in [0.4, 0.5) is 16.4 Å². The molecule has 1 atom stereocenters. The first-order valence-corrected chi connectivity index (χ1v) is 10.7. The molecule has 10 nitrogen and oxygen atoms in total. The topological polar surface area (TPSA) is 118 Å². The molecule has 3 aromatic heterocycles. The van der Waals surface area contributed by atoms with Crippen molar-refractivity contribution in [1.82, 2.24) is 29.5 Å². The largest absolute Gasteiger partial charge is 0.480 e. The van der Waals surface area contributed by atoms with Gasteiger partial charge >= 0.3 is 6.09 Å². The van der Waals surface area contributed by atoms with Crippen molar-refractivity contribution < 1.29 is 14.6 Å². The summed E-state index contributed by atoms with van der Waals surface area (Å²) in [5.74, 6) is 0.888. The molecular weight excluding hydrogens is 422 g/mol. The zero-order valence-electron chi connectivity index (χ0n) is 18.0. The Morgan fingerprint density at radius 3 is 2.73 bits per heavy atom. The van der Waals surface area contributed by atoms with E-state index in [2.05, 4.69) is 25.4 Å². The van der Waals surface area contributed by atoms with Gasteiger partial charge in [0.05, 0.1) is 31.2 Å². The Balaban J connectivity index is 1.37. The summed E-state index contributed by atoms with van der Waals surface area (Å²) in [5, 5.41) is 17.2. The molecule has 0 saturated carbocycles. The number of aromatic nitrogens is 5. The Kier molecular flexibility index (Phi) is 5.47. The number of hydrogen-bond donors (Lipinski definition) is 2. The van der Waals surface area contributed by atoms with Crippen LogP contribution in [0.1, 0.15) is 30.9 Å². The number of fused-ring (bicyclic) bond motifs is 1. The number of carboxylic acid groups (broad SMARTS) is 1. The maximum Gasteiger partial charge on any atom is 0.407 e. The van der Waals surface area contributed by atoms with Crippen molar-refractivity contribution in [3.63, 3.8) is 0 Å². The number of benzene rings is 1. The lowest BCUT2D eigenvalue weighted by atomic mass is 9.95. The predicted octanol–water partition coefficient (Wildman–Crippen LogP) is 4.14. The number of nitrogens with one attached hydrogen (secondary N) is 1. The maximum absolute atomic E-state index is 11.6. The van der Waals surface area contributed by atoms with E-state index in [0.717, 1.165) is 36.1 Å². The van der Waals surface area contributed by atoms with E-state index in [1.54, 1.807) is 24.0 Å². The Labute approximate surface area is 189 Å². The minimum atomic E-state index is -0.867. The molecule has 1 aliphatic rings. The van der Waals surface area contributed by atoms with E-state index in [4.69, 9.17) is 4.74 Å². The van der Waals surface area contributed by atoms with E-state index < -0.39 is 6.09 Å². The molecule has 0 radical (unpaired) electrons. The summed E-state index contributed by atoms with van der Waals surface area (Å²) in [7, 11) is 1.55. The van der Waals surface area contributed by atoms with Gasteiger partial charge in [-0.25, -0.2) is 19.3 Å². The SMILES string of the molecule is COc1cnc(-c2cccn3nc(Nc4ccc(C5CCCCN5C(=O)O)cc4)nc23)cn1. The van der Waals surface area contributed by atoms with Crippen molar-refractivity contribution in [1.29, 1.82) is 0 Å². The fourth-order valence-electron chi connectivity index (χ4n) is 4.14. The molecule has 33 heavy (non-hydrogen) atoms. The lowest BCUT2D eigenvalue weighted by Crippen LogP contribution is -2.37. The number of hydrogen-bond acceptors (Lipinski definition) is 7. The molecule has 0 spiro atoms. The zero-order chi connectivity index (χ0) is 22.8. The van der Waals surface area contributed by atoms with Gasteiger partial charge in [-0.05, 0) is 49.1 Å². The molecule has 4 heterocycles. The van der Waals surface area contributed by atoms with Gasteiger partial charge in [0.25, 0.3) is 0 Å². The first kappa shape index (κ1) is 20.7. The van der Waals surface area contributed by atoms with E-state index in [9.17, 15) is 9.90 Å². The van der Waals surface area contributed by atoms with E-state index in [1.807, 2.05) is 42.6 Å². The molecule has 1 fully saturated rings. The minimum absolute atomic E-state index is 0.105. The number of anilines is 2. The van der Waals surface area contributed by atoms with Gasteiger partial charge in [0.2, 0.25) is 11.8 Å². The number of methoxy groups -OCH3 is 1. The minimum Gasteiger partial charge on any atom is -0.480 e. The van der Waals surface area contributed by atoms with Crippen LogP contribution in [0.15, 0.2) is 55.0 Å². The van der Waals surface area contributed by atoms with Gasteiger partial charge in [0.15, 0.2) is 5.65 Å². The van der Waals surface area contributed by atoms with Crippen LogP contribution in [0, 0.1) is 0 Å². The van der Waals surface area contributed by atoms with Gasteiger partial charge in [-0.2, -0.15) is 4.98 Å². The summed E-state index contributed by atoms with van der Waals surface area (Å²) in [4.78, 5) is 26.4. The molecule has 1 aromatic carbocycles. The number of likely N-dealkylation sites (tertiary alicyclic amines) is 1. The smallest absolute Gasteiger partial charge is 0.407 e. The van der Waals surface area contributed by atoms with Crippen molar-refractivity contribution in [2.24, 2.45) is 0 Å². The second kappa shape index (κ2) is 8.73. The molecule has 5 rings (SSSR count). The zero-order valence-corrected chi connectivity index (χ0v) is 18.0. The number of nitrogens with zero attached hydrogens (tertiary/aromatic N) is 6. The average molecular weight is 445 g/mol. The number of pyridine rings is 1. The number of ether oxygens (including phenoxy) is 1. The molecule has 1 aliphatic heterocycles. The third-order valence-corrected chi connectivity index (χ3v) is 5.78. The molecule has 1 amide bonds. The van der Waals surface area contributed by atoms with Gasteiger partial charge < -0.3 is 20.1 Å². The highest BCUT2D eigenvalue weighted by Gasteiger charge is 2.27. The normalized spacial score (nSPS) is 16.0. The van der Waals surface area contributed by atoms with Gasteiger partial charge in [-0.3, -0.25) is 0 Å². The summed E-state index contributed by atoms with van der Waals surface area (Å²) in [6.45, 7) is 0.575. The fraction of sp³-hybridized carbons (Fsp3) is 0.261. The van der Waals surface area contributed by atoms with Crippen molar-refractivity contribution in [3.05, 3.63) is 60.6 Å². The third kappa shape index (κ3) is 4.14. The Morgan fingerprint density at radius 2 is 2.00 bits per heavy atom. The van der Waals surface area contributed by atoms with Crippen molar-refractivity contribution >= 4 is 23.4 Å². The highest BCUT2D eigenvalue weighted by atomic mass is 16.5. The Morgan fingerprint density at radius 1 is 1.15 bits per heavy atom. The van der Waals surface area contributed by atoms with Crippen LogP contribution < -0.4 is 10.1 Å². The van der Waals surface area contributed by atoms with Gasteiger partial charge in [-0.15, -0.1) is 5.10 Å². The molecule has 1 unspecified atom stereocenters. The van der Waals surface area contributed by atoms with Crippen molar-refractivity contribution in [2.45, 2.75) is 25.3 Å². The highest BCUT2D eigenvalue weighted by molar-refractivity contribution is 5.75. The summed E-state index contributed by atoms with van der Waals surface area (Å²) in [6.07, 6.45) is 6.93. The van der Waals surface area contributed by atoms with E-state index in [1.165, 1.54) is 4.90 Å². The predicted molar refractivity (Wildman–Crippen MR) is 122 cm³/mol. The Bertz CT molecular complexity index is 1270. The number of piperidine rings is 1. The third-order valence-electron chi connectivity index (χ3n) is 5.78. The number of amides is 1. The number of carbonyl (C=O) groups is 1. The first-order chi connectivity index (χ1) is 16.1. The van der Waals surface area contributed by atoms with Gasteiger partial charge in [-0.1, -0.05) is 12.1 Å². The summed E-state index contributed by atoms with van der Waals surface area (Å²) in [6, 6.07) is 11.4. The summed E-state index contributed by atoms with van der Waals surface area (Å²) >= 11 is 0. The maximum atomic E-state index is 11.6. The van der Waals surface area contributed by atoms with Crippen LogP contribution in [0.25, 0.3) is 16.9 Å². The van der Waals surface area contributed by atoms with Crippen molar-refractivity contribution in [3.8, 4) is 17.1 Å². The highest BCUT2D eigenvalue weighted by Crippen LogP contribution is 2.32. The van der Waals surface area contributed by atoms with Crippen LogP contribution in [-0.2, 0) is 0 Å². The van der Waals surface area contributed by atoms with Gasteiger partial charge in [0.1, 0.15) is 0 Å². The van der Waals surface area contributed by atoms with Crippen LogP contribution in [0.5, 0.6) is 5.88 Å². The first-order valence-electron chi connectivity index (χ1n) is 10.7.